The van der Waals surface area contributed by atoms with E-state index >= 15 is 0 Å². The molecule has 5 heteroatoms. The number of hydrogen-bond acceptors (Lipinski definition) is 2. The molecule has 0 unspecified atom stereocenters. The quantitative estimate of drug-likeness (QED) is 0.379. The van der Waals surface area contributed by atoms with Crippen LogP contribution in [0.3, 0.4) is 0 Å². The second-order valence-corrected chi connectivity index (χ2v) is 5.35. The molecule has 0 aromatic carbocycles. The summed E-state index contributed by atoms with van der Waals surface area (Å²) in [5.41, 5.74) is 0. The molecule has 0 aliphatic rings. The van der Waals surface area contributed by atoms with Crippen molar-refractivity contribution in [2.24, 2.45) is 0 Å². The Balaban J connectivity index is 0. The van der Waals surface area contributed by atoms with Crippen molar-refractivity contribution in [1.29, 1.82) is 5.26 Å². The fourth-order valence-electron chi connectivity index (χ4n) is 1.92. The number of nitrogens with zero attached hydrogens (tertiary/aromatic N) is 3. The number of unbranched alkanes of at least 4 members (excludes halogenated alkanes) is 9. The zero-order valence-corrected chi connectivity index (χ0v) is 14.1. The third kappa shape index (κ3) is 28.8. The lowest BCUT2D eigenvalue weighted by Crippen LogP contribution is -1.93. The molecule has 0 radical (unpaired) electrons. The van der Waals surface area contributed by atoms with Crippen LogP contribution in [0.5, 0.6) is 0 Å². The van der Waals surface area contributed by atoms with Gasteiger partial charge in [0.25, 0.3) is 0 Å². The Bertz CT molecular complexity index is 371. The number of carbonyl (C=O) groups is 1. The van der Waals surface area contributed by atoms with E-state index in [1.165, 1.54) is 6.42 Å². The zero-order valence-electron chi connectivity index (χ0n) is 14.1. The molecule has 5 nitrogen and oxygen atoms in total. The number of rotatable bonds is 13. The Morgan fingerprint density at radius 3 is 1.70 bits per heavy atom. The van der Waals surface area contributed by atoms with Crippen molar-refractivity contribution in [2.75, 3.05) is 13.1 Å². The Kier molecular flexibility index (Phi) is 22.4. The average Bonchev–Trinajstić information content (AvgIpc) is 2.54. The molecule has 0 aromatic heterocycles. The molecule has 0 saturated heterocycles. The molecular formula is C18H29N3O2. The standard InChI is InChI=1S/C9H14N2.C9H15NO2/c1-11-9-7-5-3-2-4-6-8-10;1-10-8-6-4-2-3-5-7-9(11)12/h2-7,9H2;2-8H2,(H,11,12). The van der Waals surface area contributed by atoms with E-state index in [1.54, 1.807) is 0 Å². The lowest BCUT2D eigenvalue weighted by molar-refractivity contribution is -0.137. The Labute approximate surface area is 141 Å². The molecule has 0 atom stereocenters. The molecule has 1 N–H and O–H groups in total. The molecule has 0 saturated carbocycles. The molecule has 0 aromatic rings. The summed E-state index contributed by atoms with van der Waals surface area (Å²) in [5.74, 6) is -0.712. The molecule has 0 rings (SSSR count). The van der Waals surface area contributed by atoms with E-state index in [0.717, 1.165) is 57.8 Å². The normalized spacial score (nSPS) is 8.91. The van der Waals surface area contributed by atoms with Crippen LogP contribution in [0.15, 0.2) is 0 Å². The van der Waals surface area contributed by atoms with Gasteiger partial charge < -0.3 is 14.8 Å². The number of aliphatic carboxylic acids is 1. The second-order valence-electron chi connectivity index (χ2n) is 5.35. The van der Waals surface area contributed by atoms with Crippen LogP contribution in [-0.4, -0.2) is 24.2 Å². The van der Waals surface area contributed by atoms with Gasteiger partial charge in [0.15, 0.2) is 0 Å². The predicted octanol–water partition coefficient (Wildman–Crippen LogP) is 5.10. The number of nitriles is 1. The summed E-state index contributed by atoms with van der Waals surface area (Å²) in [4.78, 5) is 16.6. The fraction of sp³-hybridized carbons (Fsp3) is 0.778. The Morgan fingerprint density at radius 1 is 0.826 bits per heavy atom. The minimum atomic E-state index is -0.712. The van der Waals surface area contributed by atoms with Gasteiger partial charge in [0.05, 0.1) is 6.07 Å². The van der Waals surface area contributed by atoms with Crippen LogP contribution >= 0.6 is 0 Å². The minimum absolute atomic E-state index is 0.281. The van der Waals surface area contributed by atoms with Crippen molar-refractivity contribution >= 4 is 5.97 Å². The van der Waals surface area contributed by atoms with Crippen LogP contribution < -0.4 is 0 Å². The smallest absolute Gasteiger partial charge is 0.303 e. The number of hydrogen-bond donors (Lipinski definition) is 1. The van der Waals surface area contributed by atoms with E-state index in [2.05, 4.69) is 15.8 Å². The van der Waals surface area contributed by atoms with Gasteiger partial charge in [-0.15, -0.1) is 0 Å². The first-order valence-corrected chi connectivity index (χ1v) is 8.44. The van der Waals surface area contributed by atoms with Crippen molar-refractivity contribution in [2.45, 2.75) is 77.0 Å². The van der Waals surface area contributed by atoms with E-state index in [-0.39, 0.29) is 6.42 Å². The highest BCUT2D eigenvalue weighted by Gasteiger charge is 1.96. The maximum atomic E-state index is 10.1. The van der Waals surface area contributed by atoms with Gasteiger partial charge in [0, 0.05) is 25.7 Å². The van der Waals surface area contributed by atoms with Crippen LogP contribution in [0.4, 0.5) is 0 Å². The number of carboxylic acids is 1. The Morgan fingerprint density at radius 2 is 1.26 bits per heavy atom. The first-order valence-electron chi connectivity index (χ1n) is 8.44. The highest BCUT2D eigenvalue weighted by atomic mass is 16.4. The van der Waals surface area contributed by atoms with Gasteiger partial charge in [0.2, 0.25) is 13.1 Å². The van der Waals surface area contributed by atoms with E-state index in [4.69, 9.17) is 23.5 Å². The summed E-state index contributed by atoms with van der Waals surface area (Å²) in [6.07, 6.45) is 11.3. The van der Waals surface area contributed by atoms with Crippen molar-refractivity contribution in [3.05, 3.63) is 22.8 Å². The van der Waals surface area contributed by atoms with Crippen molar-refractivity contribution < 1.29 is 9.90 Å². The highest BCUT2D eigenvalue weighted by molar-refractivity contribution is 5.66. The van der Waals surface area contributed by atoms with Crippen LogP contribution in [0, 0.1) is 24.5 Å². The average molecular weight is 319 g/mol. The van der Waals surface area contributed by atoms with E-state index in [9.17, 15) is 4.79 Å². The maximum Gasteiger partial charge on any atom is 0.303 e. The molecule has 0 aliphatic carbocycles. The number of carboxylic acid groups (broad SMARTS) is 1. The molecule has 128 valence electrons. The molecular weight excluding hydrogens is 290 g/mol. The fourth-order valence-corrected chi connectivity index (χ4v) is 1.92. The molecule has 0 amide bonds. The van der Waals surface area contributed by atoms with Gasteiger partial charge in [-0.05, 0) is 25.7 Å². The van der Waals surface area contributed by atoms with Gasteiger partial charge in [-0.25, -0.2) is 13.1 Å². The largest absolute Gasteiger partial charge is 0.481 e. The van der Waals surface area contributed by atoms with Gasteiger partial charge >= 0.3 is 5.97 Å². The van der Waals surface area contributed by atoms with Crippen molar-refractivity contribution in [3.8, 4) is 6.07 Å². The van der Waals surface area contributed by atoms with E-state index in [1.807, 2.05) is 0 Å². The third-order valence-corrected chi connectivity index (χ3v) is 3.22. The van der Waals surface area contributed by atoms with Crippen LogP contribution in [0.25, 0.3) is 9.69 Å². The SMILES string of the molecule is [C-]#[N+]CCCCCCCC#N.[C-]#[N+]CCCCCCCC(=O)O. The predicted molar refractivity (Wildman–Crippen MR) is 91.6 cm³/mol. The Hall–Kier alpha value is -2.06. The zero-order chi connectivity index (χ0) is 17.6. The van der Waals surface area contributed by atoms with Crippen LogP contribution in [0.2, 0.25) is 0 Å². The molecule has 0 fully saturated rings. The molecule has 0 bridgehead atoms. The molecule has 0 heterocycles. The molecule has 23 heavy (non-hydrogen) atoms. The summed E-state index contributed by atoms with van der Waals surface area (Å²) in [5, 5.41) is 16.5. The van der Waals surface area contributed by atoms with E-state index in [0.29, 0.717) is 19.5 Å². The minimum Gasteiger partial charge on any atom is -0.481 e. The van der Waals surface area contributed by atoms with E-state index < -0.39 is 5.97 Å². The van der Waals surface area contributed by atoms with Crippen LogP contribution in [0.1, 0.15) is 77.0 Å². The molecule has 0 aliphatic heterocycles. The highest BCUT2D eigenvalue weighted by Crippen LogP contribution is 2.05. The van der Waals surface area contributed by atoms with Gasteiger partial charge in [-0.3, -0.25) is 4.79 Å². The van der Waals surface area contributed by atoms with Gasteiger partial charge in [-0.1, -0.05) is 25.7 Å². The third-order valence-electron chi connectivity index (χ3n) is 3.22. The summed E-state index contributed by atoms with van der Waals surface area (Å²) in [6.45, 7) is 14.3. The lowest BCUT2D eigenvalue weighted by atomic mass is 10.1. The van der Waals surface area contributed by atoms with Gasteiger partial charge in [-0.2, -0.15) is 5.26 Å². The van der Waals surface area contributed by atoms with Crippen molar-refractivity contribution in [3.63, 3.8) is 0 Å². The summed E-state index contributed by atoms with van der Waals surface area (Å²) in [6, 6.07) is 2.12. The summed E-state index contributed by atoms with van der Waals surface area (Å²) in [7, 11) is 0. The lowest BCUT2D eigenvalue weighted by Gasteiger charge is -1.95. The first-order chi connectivity index (χ1) is 11.2. The second kappa shape index (κ2) is 22.2. The summed E-state index contributed by atoms with van der Waals surface area (Å²) >= 11 is 0. The van der Waals surface area contributed by atoms with Gasteiger partial charge in [0.1, 0.15) is 0 Å². The maximum absolute atomic E-state index is 10.1. The topological polar surface area (TPSA) is 69.8 Å². The monoisotopic (exact) mass is 319 g/mol. The van der Waals surface area contributed by atoms with Crippen molar-refractivity contribution in [1.82, 2.24) is 0 Å². The summed E-state index contributed by atoms with van der Waals surface area (Å²) < 4.78 is 0. The molecule has 0 spiro atoms. The first kappa shape index (κ1) is 23.2. The van der Waals surface area contributed by atoms with Crippen LogP contribution in [-0.2, 0) is 4.79 Å².